The number of guanidine groups is 1. The lowest BCUT2D eigenvalue weighted by Crippen LogP contribution is -2.50. The number of nitrogens with zero attached hydrogens (tertiary/aromatic N) is 1. The summed E-state index contributed by atoms with van der Waals surface area (Å²) in [6.45, 7) is 11.8. The van der Waals surface area contributed by atoms with Gasteiger partial charge in [0.2, 0.25) is 5.96 Å². The molecule has 8 heteroatoms. The lowest BCUT2D eigenvalue weighted by molar-refractivity contribution is 0.0307. The number of nitrogens with one attached hydrogen (secondary N) is 2. The second kappa shape index (κ2) is 9.05. The van der Waals surface area contributed by atoms with E-state index in [1.165, 1.54) is 0 Å². The third-order valence-corrected chi connectivity index (χ3v) is 3.45. The van der Waals surface area contributed by atoms with Gasteiger partial charge in [0.05, 0.1) is 12.6 Å². The summed E-state index contributed by atoms with van der Waals surface area (Å²) in [5.41, 5.74) is -0.190. The Bertz CT molecular complexity index is 719. The minimum Gasteiger partial charge on any atom is -0.444 e. The molecule has 0 aliphatic carbocycles. The van der Waals surface area contributed by atoms with Crippen molar-refractivity contribution in [3.05, 3.63) is 35.4 Å². The van der Waals surface area contributed by atoms with Crippen molar-refractivity contribution >= 4 is 18.1 Å². The zero-order valence-electron chi connectivity index (χ0n) is 17.6. The number of aliphatic hydroxyl groups is 1. The van der Waals surface area contributed by atoms with Crippen molar-refractivity contribution in [2.45, 2.75) is 72.3 Å². The van der Waals surface area contributed by atoms with E-state index in [1.807, 2.05) is 0 Å². The number of rotatable bonds is 3. The van der Waals surface area contributed by atoms with Crippen LogP contribution in [0.3, 0.4) is 0 Å². The van der Waals surface area contributed by atoms with Crippen LogP contribution in [0, 0.1) is 5.41 Å². The van der Waals surface area contributed by atoms with Crippen LogP contribution in [0.4, 0.5) is 9.59 Å². The van der Waals surface area contributed by atoms with Crippen molar-refractivity contribution in [1.82, 2.24) is 10.2 Å². The van der Waals surface area contributed by atoms with Crippen LogP contribution in [0.5, 0.6) is 0 Å². The van der Waals surface area contributed by atoms with Gasteiger partial charge < -0.3 is 14.6 Å². The van der Waals surface area contributed by atoms with E-state index in [9.17, 15) is 14.7 Å². The van der Waals surface area contributed by atoms with E-state index in [2.05, 4.69) is 5.32 Å². The van der Waals surface area contributed by atoms with Crippen LogP contribution in [-0.2, 0) is 16.1 Å². The minimum atomic E-state index is -0.845. The molecule has 0 radical (unpaired) electrons. The molecule has 0 heterocycles. The largest absolute Gasteiger partial charge is 0.444 e. The first-order valence-corrected chi connectivity index (χ1v) is 9.04. The molecule has 3 N–H and O–H groups in total. The summed E-state index contributed by atoms with van der Waals surface area (Å²) in [6, 6.07) is 6.35. The van der Waals surface area contributed by atoms with E-state index in [-0.39, 0.29) is 6.61 Å². The van der Waals surface area contributed by atoms with E-state index in [0.717, 1.165) is 4.90 Å². The first kappa shape index (κ1) is 23.4. The van der Waals surface area contributed by atoms with E-state index < -0.39 is 35.4 Å². The number of amides is 2. The van der Waals surface area contributed by atoms with Crippen molar-refractivity contribution in [3.63, 3.8) is 0 Å². The average Bonchev–Trinajstić information content (AvgIpc) is 2.51. The van der Waals surface area contributed by atoms with Gasteiger partial charge in [-0.3, -0.25) is 10.7 Å². The van der Waals surface area contributed by atoms with E-state index in [0.29, 0.717) is 11.1 Å². The lowest BCUT2D eigenvalue weighted by atomic mass is 10.0. The van der Waals surface area contributed by atoms with E-state index in [4.69, 9.17) is 14.9 Å². The Kier molecular flexibility index (Phi) is 7.58. The molecule has 1 atom stereocenters. The van der Waals surface area contributed by atoms with Crippen molar-refractivity contribution in [1.29, 1.82) is 5.41 Å². The summed E-state index contributed by atoms with van der Waals surface area (Å²) >= 11 is 0. The fourth-order valence-corrected chi connectivity index (χ4v) is 2.32. The number of benzene rings is 1. The number of carbonyl (C=O) groups is 2. The van der Waals surface area contributed by atoms with Gasteiger partial charge in [0.15, 0.2) is 0 Å². The smallest absolute Gasteiger partial charge is 0.417 e. The minimum absolute atomic E-state index is 0.152. The van der Waals surface area contributed by atoms with Crippen LogP contribution in [0.2, 0.25) is 0 Å². The number of carbonyl (C=O) groups excluding carboxylic acids is 2. The Labute approximate surface area is 166 Å². The molecule has 1 aromatic rings. The standard InChI is InChI=1S/C20H31N3O5/c1-13(15-10-8-9-14(11-15)12-24)23(18(26)28-20(5,6)7)16(21)22-17(25)27-19(2,3)4/h8-11,13,24H,12H2,1-7H3,(H2,21,22,25). The normalized spacial score (nSPS) is 12.7. The number of hydrogen-bond acceptors (Lipinski definition) is 6. The lowest BCUT2D eigenvalue weighted by Gasteiger charge is -2.32. The van der Waals surface area contributed by atoms with Crippen LogP contribution in [0.15, 0.2) is 24.3 Å². The molecule has 0 bridgehead atoms. The predicted octanol–water partition coefficient (Wildman–Crippen LogP) is 3.94. The maximum absolute atomic E-state index is 12.8. The topological polar surface area (TPSA) is 112 Å². The highest BCUT2D eigenvalue weighted by molar-refractivity contribution is 6.00. The third-order valence-electron chi connectivity index (χ3n) is 3.45. The Morgan fingerprint density at radius 2 is 1.71 bits per heavy atom. The molecule has 0 fully saturated rings. The molecule has 156 valence electrons. The molecule has 0 saturated heterocycles. The van der Waals surface area contributed by atoms with Gasteiger partial charge >= 0.3 is 12.2 Å². The first-order valence-electron chi connectivity index (χ1n) is 9.04. The highest BCUT2D eigenvalue weighted by Gasteiger charge is 2.32. The zero-order chi connectivity index (χ0) is 21.7. The van der Waals surface area contributed by atoms with Crippen molar-refractivity contribution < 1.29 is 24.2 Å². The summed E-state index contributed by atoms with van der Waals surface area (Å²) in [5.74, 6) is -0.467. The summed E-state index contributed by atoms with van der Waals surface area (Å²) in [7, 11) is 0. The predicted molar refractivity (Wildman–Crippen MR) is 106 cm³/mol. The molecule has 1 aromatic carbocycles. The molecular weight excluding hydrogens is 362 g/mol. The number of aliphatic hydroxyl groups excluding tert-OH is 1. The summed E-state index contributed by atoms with van der Waals surface area (Å²) in [5, 5.41) is 19.9. The van der Waals surface area contributed by atoms with Gasteiger partial charge in [-0.2, -0.15) is 0 Å². The molecule has 0 spiro atoms. The fourth-order valence-electron chi connectivity index (χ4n) is 2.32. The molecule has 0 aliphatic rings. The second-order valence-corrected chi connectivity index (χ2v) is 8.40. The Balaban J connectivity index is 3.15. The number of ether oxygens (including phenoxy) is 2. The van der Waals surface area contributed by atoms with Gasteiger partial charge in [0.25, 0.3) is 0 Å². The zero-order valence-corrected chi connectivity index (χ0v) is 17.6. The van der Waals surface area contributed by atoms with E-state index in [1.54, 1.807) is 72.7 Å². The van der Waals surface area contributed by atoms with E-state index >= 15 is 0 Å². The molecule has 0 aromatic heterocycles. The maximum Gasteiger partial charge on any atom is 0.417 e. The second-order valence-electron chi connectivity index (χ2n) is 8.40. The highest BCUT2D eigenvalue weighted by Crippen LogP contribution is 2.24. The molecular formula is C20H31N3O5. The van der Waals surface area contributed by atoms with Gasteiger partial charge in [0.1, 0.15) is 11.2 Å². The van der Waals surface area contributed by atoms with Crippen LogP contribution in [-0.4, -0.2) is 39.4 Å². The summed E-state index contributed by atoms with van der Waals surface area (Å²) in [6.07, 6.45) is -1.63. The van der Waals surface area contributed by atoms with Gasteiger partial charge in [-0.25, -0.2) is 14.5 Å². The average molecular weight is 393 g/mol. The van der Waals surface area contributed by atoms with Crippen LogP contribution in [0.1, 0.15) is 65.6 Å². The summed E-state index contributed by atoms with van der Waals surface area (Å²) < 4.78 is 10.6. The number of hydrogen-bond donors (Lipinski definition) is 3. The molecule has 1 unspecified atom stereocenters. The van der Waals surface area contributed by atoms with Crippen molar-refractivity contribution in [2.24, 2.45) is 0 Å². The van der Waals surface area contributed by atoms with Gasteiger partial charge in [-0.15, -0.1) is 0 Å². The molecule has 0 saturated carbocycles. The van der Waals surface area contributed by atoms with Gasteiger partial charge in [-0.1, -0.05) is 24.3 Å². The Hall–Kier alpha value is -2.61. The van der Waals surface area contributed by atoms with Crippen molar-refractivity contribution in [2.75, 3.05) is 0 Å². The van der Waals surface area contributed by atoms with Crippen molar-refractivity contribution in [3.8, 4) is 0 Å². The molecule has 28 heavy (non-hydrogen) atoms. The van der Waals surface area contributed by atoms with Crippen LogP contribution >= 0.6 is 0 Å². The Morgan fingerprint density at radius 1 is 1.14 bits per heavy atom. The summed E-state index contributed by atoms with van der Waals surface area (Å²) in [4.78, 5) is 25.8. The van der Waals surface area contributed by atoms with Gasteiger partial charge in [-0.05, 0) is 59.6 Å². The molecule has 1 rings (SSSR count). The first-order chi connectivity index (χ1) is 12.7. The molecule has 0 aliphatic heterocycles. The third kappa shape index (κ3) is 7.56. The van der Waals surface area contributed by atoms with Crippen LogP contribution < -0.4 is 5.32 Å². The molecule has 8 nitrogen and oxygen atoms in total. The molecule has 2 amide bonds. The Morgan fingerprint density at radius 3 is 2.21 bits per heavy atom. The van der Waals surface area contributed by atoms with Crippen LogP contribution in [0.25, 0.3) is 0 Å². The quantitative estimate of drug-likeness (QED) is 0.532. The fraction of sp³-hybridized carbons (Fsp3) is 0.550. The SMILES string of the molecule is CC(c1cccc(CO)c1)N(C(=N)NC(=O)OC(C)(C)C)C(=O)OC(C)(C)C. The highest BCUT2D eigenvalue weighted by atomic mass is 16.6. The maximum atomic E-state index is 12.8. The monoisotopic (exact) mass is 393 g/mol. The number of alkyl carbamates (subject to hydrolysis) is 1. The van der Waals surface area contributed by atoms with Gasteiger partial charge in [0, 0.05) is 0 Å².